The molecule has 3 heterocycles. The van der Waals surface area contributed by atoms with Crippen molar-refractivity contribution in [1.29, 1.82) is 0 Å². The number of ether oxygens (including phenoxy) is 3. The molecule has 13 heteroatoms. The number of rotatable bonds is 10. The van der Waals surface area contributed by atoms with Gasteiger partial charge in [-0.2, -0.15) is 5.10 Å². The zero-order chi connectivity index (χ0) is 33.8. The minimum atomic E-state index is -1.52. The Hall–Kier alpha value is -5.53. The van der Waals surface area contributed by atoms with E-state index in [2.05, 4.69) is 19.9 Å². The van der Waals surface area contributed by atoms with Gasteiger partial charge in [-0.3, -0.25) is 0 Å². The SMILES string of the molecule is O=C(O)N(c1ccccc1)c1ccc(N2CCN(c3ccc(OCC4COC(Cn5cncn5)(c5ccc(F)cc5F)O4)cc3)CC2)cc1. The summed E-state index contributed by atoms with van der Waals surface area (Å²) >= 11 is 0. The van der Waals surface area contributed by atoms with Crippen LogP contribution in [0.5, 0.6) is 5.75 Å². The van der Waals surface area contributed by atoms with Crippen molar-refractivity contribution in [3.05, 3.63) is 127 Å². The lowest BCUT2D eigenvalue weighted by Crippen LogP contribution is -2.46. The van der Waals surface area contributed by atoms with Crippen molar-refractivity contribution < 1.29 is 32.9 Å². The molecule has 5 aromatic rings. The van der Waals surface area contributed by atoms with Crippen molar-refractivity contribution in [3.63, 3.8) is 0 Å². The van der Waals surface area contributed by atoms with Crippen LogP contribution in [0.4, 0.5) is 36.3 Å². The third-order valence-corrected chi connectivity index (χ3v) is 8.63. The van der Waals surface area contributed by atoms with E-state index in [0.717, 1.165) is 43.6 Å². The van der Waals surface area contributed by atoms with Crippen molar-refractivity contribution in [2.24, 2.45) is 0 Å². The van der Waals surface area contributed by atoms with E-state index >= 15 is 0 Å². The molecule has 252 valence electrons. The minimum absolute atomic E-state index is 0.0247. The maximum absolute atomic E-state index is 14.9. The molecule has 49 heavy (non-hydrogen) atoms. The Balaban J connectivity index is 0.929. The first-order chi connectivity index (χ1) is 23.9. The molecule has 0 saturated carbocycles. The van der Waals surface area contributed by atoms with Crippen LogP contribution in [0.2, 0.25) is 0 Å². The number of hydrogen-bond donors (Lipinski definition) is 1. The van der Waals surface area contributed by atoms with Gasteiger partial charge >= 0.3 is 6.09 Å². The first-order valence-corrected chi connectivity index (χ1v) is 15.9. The van der Waals surface area contributed by atoms with Gasteiger partial charge in [0.25, 0.3) is 0 Å². The van der Waals surface area contributed by atoms with E-state index in [9.17, 15) is 18.7 Å². The highest BCUT2D eigenvalue weighted by molar-refractivity contribution is 5.94. The largest absolute Gasteiger partial charge is 0.491 e. The normalized spacial score (nSPS) is 19.2. The fourth-order valence-corrected chi connectivity index (χ4v) is 6.21. The topological polar surface area (TPSA) is 105 Å². The summed E-state index contributed by atoms with van der Waals surface area (Å²) in [6.07, 6.45) is 1.28. The van der Waals surface area contributed by atoms with E-state index in [1.807, 2.05) is 66.7 Å². The predicted octanol–water partition coefficient (Wildman–Crippen LogP) is 6.05. The highest BCUT2D eigenvalue weighted by atomic mass is 19.1. The minimum Gasteiger partial charge on any atom is -0.491 e. The van der Waals surface area contributed by atoms with Gasteiger partial charge in [0, 0.05) is 49.2 Å². The predicted molar refractivity (Wildman–Crippen MR) is 178 cm³/mol. The van der Waals surface area contributed by atoms with E-state index in [0.29, 0.717) is 17.1 Å². The van der Waals surface area contributed by atoms with Gasteiger partial charge in [0.2, 0.25) is 5.79 Å². The number of halogens is 2. The van der Waals surface area contributed by atoms with Crippen molar-refractivity contribution in [3.8, 4) is 5.75 Å². The average molecular weight is 669 g/mol. The van der Waals surface area contributed by atoms with Gasteiger partial charge in [-0.1, -0.05) is 18.2 Å². The van der Waals surface area contributed by atoms with Crippen molar-refractivity contribution in [1.82, 2.24) is 14.8 Å². The zero-order valence-electron chi connectivity index (χ0n) is 26.4. The number of piperazine rings is 1. The summed E-state index contributed by atoms with van der Waals surface area (Å²) in [7, 11) is 0. The van der Waals surface area contributed by atoms with Crippen molar-refractivity contribution in [2.45, 2.75) is 18.4 Å². The Morgan fingerprint density at radius 2 is 1.55 bits per heavy atom. The van der Waals surface area contributed by atoms with Crippen LogP contribution in [0.25, 0.3) is 0 Å². The summed E-state index contributed by atoms with van der Waals surface area (Å²) in [6, 6.07) is 27.7. The summed E-state index contributed by atoms with van der Waals surface area (Å²) in [6.45, 7) is 3.57. The van der Waals surface area contributed by atoms with Crippen LogP contribution < -0.4 is 19.4 Å². The first-order valence-electron chi connectivity index (χ1n) is 15.9. The Kier molecular flexibility index (Phi) is 9.09. The van der Waals surface area contributed by atoms with Crippen LogP contribution in [0.3, 0.4) is 0 Å². The summed E-state index contributed by atoms with van der Waals surface area (Å²) in [5, 5.41) is 13.9. The Morgan fingerprint density at radius 3 is 2.16 bits per heavy atom. The lowest BCUT2D eigenvalue weighted by molar-refractivity contribution is -0.192. The number of benzene rings is 4. The van der Waals surface area contributed by atoms with Crippen LogP contribution in [-0.2, 0) is 21.8 Å². The number of aromatic nitrogens is 3. The van der Waals surface area contributed by atoms with Crippen LogP contribution >= 0.6 is 0 Å². The first kappa shape index (κ1) is 32.0. The number of hydrogen-bond acceptors (Lipinski definition) is 8. The quantitative estimate of drug-likeness (QED) is 0.191. The van der Waals surface area contributed by atoms with Crippen LogP contribution in [-0.4, -0.2) is 71.5 Å². The monoisotopic (exact) mass is 668 g/mol. The van der Waals surface area contributed by atoms with Gasteiger partial charge in [-0.15, -0.1) is 0 Å². The highest BCUT2D eigenvalue weighted by Crippen LogP contribution is 2.38. The number of anilines is 4. The van der Waals surface area contributed by atoms with Crippen LogP contribution in [0.15, 0.2) is 110 Å². The lowest BCUT2D eigenvalue weighted by Gasteiger charge is -2.37. The maximum atomic E-state index is 14.9. The van der Waals surface area contributed by atoms with E-state index in [1.165, 1.54) is 34.4 Å². The second-order valence-electron chi connectivity index (χ2n) is 11.8. The van der Waals surface area contributed by atoms with Gasteiger partial charge < -0.3 is 29.1 Å². The molecule has 11 nitrogen and oxygen atoms in total. The molecule has 0 radical (unpaired) electrons. The molecule has 4 aromatic carbocycles. The van der Waals surface area contributed by atoms with Gasteiger partial charge in [0.1, 0.15) is 49.3 Å². The molecule has 0 aliphatic carbocycles. The molecular formula is C36H34F2N6O5. The zero-order valence-corrected chi connectivity index (χ0v) is 26.4. The third-order valence-electron chi connectivity index (χ3n) is 8.63. The summed E-state index contributed by atoms with van der Waals surface area (Å²) in [5.74, 6) is -2.34. The fraction of sp³-hybridized carbons (Fsp3) is 0.250. The number of amides is 1. The van der Waals surface area contributed by atoms with E-state index in [-0.39, 0.29) is 25.3 Å². The Bertz CT molecular complexity index is 1860. The van der Waals surface area contributed by atoms with Gasteiger partial charge in [0.15, 0.2) is 0 Å². The fourth-order valence-electron chi connectivity index (χ4n) is 6.21. The molecule has 0 spiro atoms. The van der Waals surface area contributed by atoms with E-state index in [4.69, 9.17) is 14.2 Å². The number of para-hydroxylation sites is 1. The molecule has 2 atom stereocenters. The molecule has 1 N–H and O–H groups in total. The summed E-state index contributed by atoms with van der Waals surface area (Å²) in [5.41, 5.74) is 3.36. The average Bonchev–Trinajstić information content (AvgIpc) is 3.79. The molecule has 0 bridgehead atoms. The molecule has 1 aromatic heterocycles. The summed E-state index contributed by atoms with van der Waals surface area (Å²) in [4.78, 5) is 21.8. The van der Waals surface area contributed by atoms with E-state index < -0.39 is 29.6 Å². The highest BCUT2D eigenvalue weighted by Gasteiger charge is 2.46. The Morgan fingerprint density at radius 1 is 0.898 bits per heavy atom. The van der Waals surface area contributed by atoms with Gasteiger partial charge in [0.05, 0.1) is 18.0 Å². The van der Waals surface area contributed by atoms with Crippen molar-refractivity contribution >= 4 is 28.8 Å². The number of nitrogens with zero attached hydrogens (tertiary/aromatic N) is 6. The van der Waals surface area contributed by atoms with Crippen LogP contribution in [0.1, 0.15) is 5.56 Å². The van der Waals surface area contributed by atoms with Crippen LogP contribution in [0, 0.1) is 11.6 Å². The number of carbonyl (C=O) groups is 1. The molecule has 2 unspecified atom stereocenters. The second kappa shape index (κ2) is 13.9. The number of carboxylic acid groups (broad SMARTS) is 1. The molecule has 2 saturated heterocycles. The lowest BCUT2D eigenvalue weighted by atomic mass is 10.0. The summed E-state index contributed by atoms with van der Waals surface area (Å²) < 4.78 is 48.3. The molecule has 2 fully saturated rings. The molecule has 2 aliphatic rings. The molecular weight excluding hydrogens is 634 g/mol. The molecule has 7 rings (SSSR count). The molecule has 2 aliphatic heterocycles. The van der Waals surface area contributed by atoms with Gasteiger partial charge in [-0.05, 0) is 72.8 Å². The molecule has 1 amide bonds. The Labute approximate surface area is 281 Å². The van der Waals surface area contributed by atoms with Gasteiger partial charge in [-0.25, -0.2) is 28.1 Å². The second-order valence-corrected chi connectivity index (χ2v) is 11.8. The van der Waals surface area contributed by atoms with E-state index in [1.54, 1.807) is 12.1 Å². The maximum Gasteiger partial charge on any atom is 0.416 e. The smallest absolute Gasteiger partial charge is 0.416 e. The van der Waals surface area contributed by atoms with Crippen molar-refractivity contribution in [2.75, 3.05) is 54.1 Å². The third kappa shape index (κ3) is 7.03. The standard InChI is InChI=1S/C36H34F2N6O5/c37-26-6-15-33(34(38)20-26)36(23-43-25-39-24-40-43)48-22-32(49-36)21-47-31-13-11-28(12-14-31)42-18-16-41(17-19-42)27-7-9-30(10-8-27)44(35(45)46)29-4-2-1-3-5-29/h1-15,20,24-25,32H,16-19,21-23H2,(H,45,46).